The molecule has 0 saturated heterocycles. The van der Waals surface area contributed by atoms with Crippen molar-refractivity contribution >= 4 is 5.91 Å². The lowest BCUT2D eigenvalue weighted by Gasteiger charge is -2.27. The number of hydrogen-bond donors (Lipinski definition) is 1. The molecule has 0 aromatic heterocycles. The minimum atomic E-state index is -0.120. The third-order valence-electron chi connectivity index (χ3n) is 3.94. The first-order valence-electron chi connectivity index (χ1n) is 9.44. The third kappa shape index (κ3) is 9.71. The number of nitrogens with one attached hydrogen (secondary N) is 1. The Morgan fingerprint density at radius 3 is 2.08 bits per heavy atom. The predicted molar refractivity (Wildman–Crippen MR) is 105 cm³/mol. The van der Waals surface area contributed by atoms with Crippen LogP contribution in [-0.4, -0.2) is 25.7 Å². The molecule has 0 saturated carbocycles. The Kier molecular flexibility index (Phi) is 17.1. The molecule has 0 radical (unpaired) electrons. The van der Waals surface area contributed by atoms with Crippen molar-refractivity contribution in [1.82, 2.24) is 5.32 Å². The number of hydrogen-bond acceptors (Lipinski definition) is 2. The summed E-state index contributed by atoms with van der Waals surface area (Å²) in [6, 6.07) is 10.2. The van der Waals surface area contributed by atoms with Gasteiger partial charge in [0.15, 0.2) is 0 Å². The summed E-state index contributed by atoms with van der Waals surface area (Å²) in [7, 11) is 1.69. The molecule has 140 valence electrons. The summed E-state index contributed by atoms with van der Waals surface area (Å²) in [5.41, 5.74) is 1.24. The van der Waals surface area contributed by atoms with Gasteiger partial charge in [0.1, 0.15) is 0 Å². The number of ether oxygens (including phenoxy) is 1. The molecule has 3 nitrogen and oxygen atoms in total. The molecule has 1 rings (SSSR count). The minimum Gasteiger partial charge on any atom is -0.380 e. The first-order valence-corrected chi connectivity index (χ1v) is 9.44. The summed E-state index contributed by atoms with van der Waals surface area (Å²) in [5.74, 6) is 0.341. The Morgan fingerprint density at radius 1 is 1.08 bits per heavy atom. The number of carbonyl (C=O) groups excluding carboxylic acids is 1. The van der Waals surface area contributed by atoms with Gasteiger partial charge < -0.3 is 10.1 Å². The molecule has 3 unspecified atom stereocenters. The Labute approximate surface area is 150 Å². The highest BCUT2D eigenvalue weighted by molar-refractivity contribution is 5.78. The van der Waals surface area contributed by atoms with Crippen LogP contribution in [0.4, 0.5) is 0 Å². The highest BCUT2D eigenvalue weighted by Crippen LogP contribution is 2.19. The van der Waals surface area contributed by atoms with Gasteiger partial charge in [-0.1, -0.05) is 85.2 Å². The average Bonchev–Trinajstić information content (AvgIpc) is 2.66. The van der Waals surface area contributed by atoms with Crippen molar-refractivity contribution in [1.29, 1.82) is 0 Å². The highest BCUT2D eigenvalue weighted by Gasteiger charge is 2.27. The molecule has 0 spiro atoms. The molecule has 0 bridgehead atoms. The van der Waals surface area contributed by atoms with E-state index in [1.165, 1.54) is 5.56 Å². The van der Waals surface area contributed by atoms with Crippen molar-refractivity contribution in [2.75, 3.05) is 13.7 Å². The van der Waals surface area contributed by atoms with E-state index in [2.05, 4.69) is 31.3 Å². The van der Waals surface area contributed by atoms with Gasteiger partial charge in [-0.05, 0) is 17.9 Å². The fraction of sp³-hybridized carbons (Fsp3) is 0.667. The van der Waals surface area contributed by atoms with E-state index in [4.69, 9.17) is 4.74 Å². The van der Waals surface area contributed by atoms with Gasteiger partial charge in [-0.3, -0.25) is 4.79 Å². The first-order chi connectivity index (χ1) is 11.6. The smallest absolute Gasteiger partial charge is 0.225 e. The van der Waals surface area contributed by atoms with Gasteiger partial charge in [-0.2, -0.15) is 0 Å². The summed E-state index contributed by atoms with van der Waals surface area (Å²) in [5, 5.41) is 3.01. The first kappa shape index (κ1) is 24.9. The second-order valence-corrected chi connectivity index (χ2v) is 5.40. The fourth-order valence-electron chi connectivity index (χ4n) is 2.45. The van der Waals surface area contributed by atoms with Crippen LogP contribution in [0.5, 0.6) is 0 Å². The van der Waals surface area contributed by atoms with E-state index in [-0.39, 0.29) is 17.9 Å². The van der Waals surface area contributed by atoms with E-state index in [1.54, 1.807) is 7.11 Å². The molecule has 1 aromatic carbocycles. The Hall–Kier alpha value is -1.35. The number of benzene rings is 1. The maximum absolute atomic E-state index is 12.2. The van der Waals surface area contributed by atoms with Crippen LogP contribution in [0.3, 0.4) is 0 Å². The summed E-state index contributed by atoms with van der Waals surface area (Å²) in [6.45, 7) is 14.9. The molecular formula is C21H39NO2. The number of carbonyl (C=O) groups is 1. The van der Waals surface area contributed by atoms with E-state index in [1.807, 2.05) is 52.8 Å². The molecule has 0 aliphatic carbocycles. The lowest BCUT2D eigenvalue weighted by molar-refractivity contribution is -0.130. The molecule has 1 aromatic rings. The van der Waals surface area contributed by atoms with Gasteiger partial charge in [0, 0.05) is 13.7 Å². The van der Waals surface area contributed by atoms with Crippen molar-refractivity contribution in [2.45, 2.75) is 67.4 Å². The van der Waals surface area contributed by atoms with Crippen LogP contribution in [0.15, 0.2) is 30.3 Å². The second kappa shape index (κ2) is 16.5. The fourth-order valence-corrected chi connectivity index (χ4v) is 2.45. The molecule has 3 atom stereocenters. The Bertz CT molecular complexity index is 392. The zero-order valence-electron chi connectivity index (χ0n) is 17.1. The number of amides is 1. The molecule has 1 N–H and O–H groups in total. The quantitative estimate of drug-likeness (QED) is 0.717. The number of rotatable bonds is 8. The van der Waals surface area contributed by atoms with Crippen molar-refractivity contribution in [3.63, 3.8) is 0 Å². The van der Waals surface area contributed by atoms with Crippen molar-refractivity contribution in [3.8, 4) is 0 Å². The third-order valence-corrected chi connectivity index (χ3v) is 3.94. The monoisotopic (exact) mass is 337 g/mol. The van der Waals surface area contributed by atoms with E-state index >= 15 is 0 Å². The summed E-state index contributed by atoms with van der Waals surface area (Å²) < 4.78 is 5.49. The van der Waals surface area contributed by atoms with Crippen LogP contribution in [-0.2, 0) is 16.0 Å². The van der Waals surface area contributed by atoms with Gasteiger partial charge in [0.05, 0.1) is 12.0 Å². The molecule has 0 aliphatic heterocycles. The van der Waals surface area contributed by atoms with E-state index in [0.717, 1.165) is 12.8 Å². The summed E-state index contributed by atoms with van der Waals surface area (Å²) in [6.07, 6.45) is 1.86. The lowest BCUT2D eigenvalue weighted by Crippen LogP contribution is -2.40. The van der Waals surface area contributed by atoms with Crippen LogP contribution in [0.25, 0.3) is 0 Å². The molecule has 0 heterocycles. The molecule has 24 heavy (non-hydrogen) atoms. The zero-order chi connectivity index (χ0) is 19.0. The minimum absolute atomic E-state index is 0.0169. The predicted octanol–water partition coefficient (Wildman–Crippen LogP) is 5.09. The van der Waals surface area contributed by atoms with Gasteiger partial charge in [0.25, 0.3) is 0 Å². The summed E-state index contributed by atoms with van der Waals surface area (Å²) >= 11 is 0. The van der Waals surface area contributed by atoms with E-state index in [0.29, 0.717) is 12.5 Å². The number of methoxy groups -OCH3 is 1. The Balaban J connectivity index is 0. The topological polar surface area (TPSA) is 38.3 Å². The molecule has 1 amide bonds. The summed E-state index contributed by atoms with van der Waals surface area (Å²) in [4.78, 5) is 12.2. The van der Waals surface area contributed by atoms with Gasteiger partial charge in [0.2, 0.25) is 5.91 Å². The normalized spacial score (nSPS) is 13.3. The lowest BCUT2D eigenvalue weighted by atomic mass is 9.91. The van der Waals surface area contributed by atoms with E-state index < -0.39 is 0 Å². The van der Waals surface area contributed by atoms with Crippen LogP contribution >= 0.6 is 0 Å². The largest absolute Gasteiger partial charge is 0.380 e. The maximum atomic E-state index is 12.2. The zero-order valence-corrected chi connectivity index (χ0v) is 17.1. The van der Waals surface area contributed by atoms with Crippen molar-refractivity contribution in [3.05, 3.63) is 35.9 Å². The highest BCUT2D eigenvalue weighted by atomic mass is 16.5. The van der Waals surface area contributed by atoms with Gasteiger partial charge >= 0.3 is 0 Å². The maximum Gasteiger partial charge on any atom is 0.225 e. The van der Waals surface area contributed by atoms with Crippen LogP contribution in [0.1, 0.15) is 60.5 Å². The Morgan fingerprint density at radius 2 is 1.62 bits per heavy atom. The second-order valence-electron chi connectivity index (χ2n) is 5.40. The molecule has 3 heteroatoms. The van der Waals surface area contributed by atoms with Crippen LogP contribution < -0.4 is 5.32 Å². The van der Waals surface area contributed by atoms with E-state index in [9.17, 15) is 4.79 Å². The van der Waals surface area contributed by atoms with Crippen molar-refractivity contribution in [2.24, 2.45) is 11.8 Å². The molecular weight excluding hydrogens is 298 g/mol. The molecule has 0 aliphatic rings. The SMILES string of the molecule is CC.CC.CCC(C)C(OC)C(C)C(=O)NCCc1ccccc1. The average molecular weight is 338 g/mol. The van der Waals surface area contributed by atoms with Crippen LogP contribution in [0, 0.1) is 11.8 Å². The van der Waals surface area contributed by atoms with Gasteiger partial charge in [-0.15, -0.1) is 0 Å². The van der Waals surface area contributed by atoms with Crippen molar-refractivity contribution < 1.29 is 9.53 Å². The van der Waals surface area contributed by atoms with Crippen LogP contribution in [0.2, 0.25) is 0 Å². The molecule has 0 fully saturated rings. The standard InChI is InChI=1S/C17H27NO2.2C2H6/c1-5-13(2)16(20-4)14(3)17(19)18-12-11-15-9-7-6-8-10-15;2*1-2/h6-10,13-14,16H,5,11-12H2,1-4H3,(H,18,19);2*1-2H3. The van der Waals surface area contributed by atoms with Gasteiger partial charge in [-0.25, -0.2) is 0 Å².